The lowest BCUT2D eigenvalue weighted by Gasteiger charge is -2.35. The van der Waals surface area contributed by atoms with Crippen LogP contribution in [0, 0.1) is 11.8 Å². The molecule has 0 saturated carbocycles. The lowest BCUT2D eigenvalue weighted by Crippen LogP contribution is -2.44. The van der Waals surface area contributed by atoms with Gasteiger partial charge in [-0.05, 0) is 88.3 Å². The predicted octanol–water partition coefficient (Wildman–Crippen LogP) is 3.60. The number of pyridine rings is 1. The summed E-state index contributed by atoms with van der Waals surface area (Å²) in [6.07, 6.45) is 8.22. The molecule has 1 N–H and O–H groups in total. The molecule has 0 bridgehead atoms. The highest BCUT2D eigenvalue weighted by atomic mass is 16.2. The van der Waals surface area contributed by atoms with Gasteiger partial charge in [-0.2, -0.15) is 0 Å². The molecule has 2 atom stereocenters. The van der Waals surface area contributed by atoms with Gasteiger partial charge in [-0.25, -0.2) is 4.98 Å². The zero-order valence-corrected chi connectivity index (χ0v) is 23.1. The van der Waals surface area contributed by atoms with E-state index in [1.807, 2.05) is 32.3 Å². The maximum absolute atomic E-state index is 13.8. The van der Waals surface area contributed by atoms with Gasteiger partial charge in [0.25, 0.3) is 5.91 Å². The van der Waals surface area contributed by atoms with Crippen molar-refractivity contribution in [1.29, 1.82) is 0 Å². The van der Waals surface area contributed by atoms with Gasteiger partial charge in [0.15, 0.2) is 5.82 Å². The highest BCUT2D eigenvalue weighted by Crippen LogP contribution is 2.36. The number of anilines is 3. The minimum Gasteiger partial charge on any atom is -0.349 e. The number of likely N-dealkylation sites (tertiary alicyclic amines) is 2. The van der Waals surface area contributed by atoms with Crippen molar-refractivity contribution in [2.45, 2.75) is 38.5 Å². The van der Waals surface area contributed by atoms with E-state index in [9.17, 15) is 14.4 Å². The van der Waals surface area contributed by atoms with Gasteiger partial charge >= 0.3 is 0 Å². The second-order valence-corrected chi connectivity index (χ2v) is 11.3. The number of nitrogens with one attached hydrogen (secondary N) is 1. The summed E-state index contributed by atoms with van der Waals surface area (Å²) in [5.74, 6) is 1.07. The second-order valence-electron chi connectivity index (χ2n) is 11.3. The number of rotatable bonds is 7. The monoisotopic (exact) mass is 532 g/mol. The molecule has 1 aromatic carbocycles. The Balaban J connectivity index is 1.18. The molecule has 9 heteroatoms. The van der Waals surface area contributed by atoms with Crippen molar-refractivity contribution in [3.05, 3.63) is 48.2 Å². The number of piperidine rings is 2. The Morgan fingerprint density at radius 2 is 1.82 bits per heavy atom. The Labute approximate surface area is 231 Å². The molecular formula is C30H40N6O3. The lowest BCUT2D eigenvalue weighted by atomic mass is 9.92. The third-order valence-corrected chi connectivity index (χ3v) is 8.23. The number of amides is 3. The fourth-order valence-corrected chi connectivity index (χ4v) is 6.31. The van der Waals surface area contributed by atoms with E-state index in [4.69, 9.17) is 0 Å². The van der Waals surface area contributed by atoms with Crippen LogP contribution >= 0.6 is 0 Å². The first-order chi connectivity index (χ1) is 18.9. The standard InChI is InChI=1S/C30H40N6O3/c1-33(2)30(39)23-11-8-17-34(20-23)16-6-9-22-10-7-18-35(19-22)21-27(37)36-26-14-4-3-12-24(26)29(38)32-25-13-5-15-31-28(25)36/h3-5,12-15,22-23H,6-11,16-21H2,1-2H3,(H,32,38). The first-order valence-electron chi connectivity index (χ1n) is 14.2. The molecule has 3 aliphatic heterocycles. The summed E-state index contributed by atoms with van der Waals surface area (Å²) in [6.45, 7) is 5.05. The number of aromatic nitrogens is 1. The van der Waals surface area contributed by atoms with E-state index < -0.39 is 0 Å². The Morgan fingerprint density at radius 1 is 1.03 bits per heavy atom. The van der Waals surface area contributed by atoms with Crippen LogP contribution in [0.4, 0.5) is 17.2 Å². The van der Waals surface area contributed by atoms with Gasteiger partial charge in [0, 0.05) is 33.4 Å². The van der Waals surface area contributed by atoms with Crippen LogP contribution in [0.25, 0.3) is 0 Å². The summed E-state index contributed by atoms with van der Waals surface area (Å²) in [6, 6.07) is 10.8. The van der Waals surface area contributed by atoms with Crippen LogP contribution in [0.2, 0.25) is 0 Å². The van der Waals surface area contributed by atoms with Crippen molar-refractivity contribution in [3.8, 4) is 0 Å². The molecule has 4 heterocycles. The number of carbonyl (C=O) groups excluding carboxylic acids is 3. The number of benzene rings is 1. The van der Waals surface area contributed by atoms with Gasteiger partial charge in [-0.15, -0.1) is 0 Å². The summed E-state index contributed by atoms with van der Waals surface area (Å²) >= 11 is 0. The van der Waals surface area contributed by atoms with E-state index in [-0.39, 0.29) is 30.2 Å². The predicted molar refractivity (Wildman–Crippen MR) is 152 cm³/mol. The molecule has 2 aromatic rings. The molecule has 5 rings (SSSR count). The highest BCUT2D eigenvalue weighted by Gasteiger charge is 2.32. The van der Waals surface area contributed by atoms with Gasteiger partial charge in [0.05, 0.1) is 29.4 Å². The van der Waals surface area contributed by atoms with Gasteiger partial charge in [0.2, 0.25) is 11.8 Å². The second kappa shape index (κ2) is 12.3. The van der Waals surface area contributed by atoms with Gasteiger partial charge in [0.1, 0.15) is 0 Å². The largest absolute Gasteiger partial charge is 0.349 e. The van der Waals surface area contributed by atoms with Crippen molar-refractivity contribution in [3.63, 3.8) is 0 Å². The summed E-state index contributed by atoms with van der Waals surface area (Å²) in [4.78, 5) is 51.6. The van der Waals surface area contributed by atoms with Crippen LogP contribution in [-0.4, -0.2) is 90.8 Å². The fraction of sp³-hybridized carbons (Fsp3) is 0.533. The van der Waals surface area contributed by atoms with Gasteiger partial charge in [-0.3, -0.25) is 24.2 Å². The number of hydrogen-bond donors (Lipinski definition) is 1. The van der Waals surface area contributed by atoms with E-state index in [0.717, 1.165) is 64.8 Å². The van der Waals surface area contributed by atoms with Crippen LogP contribution in [0.1, 0.15) is 48.9 Å². The van der Waals surface area contributed by atoms with Gasteiger partial charge < -0.3 is 15.1 Å². The van der Waals surface area contributed by atoms with Crippen molar-refractivity contribution < 1.29 is 14.4 Å². The van der Waals surface area contributed by atoms with Crippen molar-refractivity contribution in [1.82, 2.24) is 19.7 Å². The van der Waals surface area contributed by atoms with Crippen LogP contribution in [-0.2, 0) is 9.59 Å². The van der Waals surface area contributed by atoms with Crippen LogP contribution < -0.4 is 10.2 Å². The summed E-state index contributed by atoms with van der Waals surface area (Å²) < 4.78 is 0. The minimum absolute atomic E-state index is 0.0792. The normalized spacial score (nSPS) is 21.9. The SMILES string of the molecule is CN(C)C(=O)C1CCCN(CCCC2CCCN(CC(=O)N3c4ccccc4C(=O)Nc4cccnc43)C2)C1. The van der Waals surface area contributed by atoms with Crippen LogP contribution in [0.5, 0.6) is 0 Å². The van der Waals surface area contributed by atoms with Crippen molar-refractivity contribution in [2.75, 3.05) is 63.6 Å². The number of para-hydroxylation sites is 1. The molecule has 1 aromatic heterocycles. The maximum atomic E-state index is 13.8. The molecule has 3 amide bonds. The molecular weight excluding hydrogens is 492 g/mol. The maximum Gasteiger partial charge on any atom is 0.257 e. The third kappa shape index (κ3) is 6.31. The molecule has 0 spiro atoms. The molecule has 208 valence electrons. The number of fused-ring (bicyclic) bond motifs is 2. The first kappa shape index (κ1) is 27.3. The van der Waals surface area contributed by atoms with E-state index >= 15 is 0 Å². The first-order valence-corrected chi connectivity index (χ1v) is 14.2. The fourth-order valence-electron chi connectivity index (χ4n) is 6.31. The van der Waals surface area contributed by atoms with E-state index in [1.54, 1.807) is 34.2 Å². The Kier molecular flexibility index (Phi) is 8.57. The minimum atomic E-state index is -0.237. The van der Waals surface area contributed by atoms with Gasteiger partial charge in [-0.1, -0.05) is 12.1 Å². The highest BCUT2D eigenvalue weighted by molar-refractivity contribution is 6.17. The molecule has 2 fully saturated rings. The summed E-state index contributed by atoms with van der Waals surface area (Å²) in [5, 5.41) is 2.90. The zero-order valence-electron chi connectivity index (χ0n) is 23.1. The van der Waals surface area contributed by atoms with E-state index in [2.05, 4.69) is 20.1 Å². The quantitative estimate of drug-likeness (QED) is 0.586. The number of nitrogens with zero attached hydrogens (tertiary/aromatic N) is 5. The van der Waals surface area contributed by atoms with Crippen molar-refractivity contribution >= 4 is 34.9 Å². The summed E-state index contributed by atoms with van der Waals surface area (Å²) in [5.41, 5.74) is 1.57. The average Bonchev–Trinajstić information content (AvgIpc) is 3.06. The van der Waals surface area contributed by atoms with Crippen LogP contribution in [0.3, 0.4) is 0 Å². The molecule has 9 nitrogen and oxygen atoms in total. The van der Waals surface area contributed by atoms with Crippen molar-refractivity contribution in [2.24, 2.45) is 11.8 Å². The van der Waals surface area contributed by atoms with Crippen LogP contribution in [0.15, 0.2) is 42.6 Å². The Hall–Kier alpha value is -3.30. The zero-order chi connectivity index (χ0) is 27.4. The number of hydrogen-bond acceptors (Lipinski definition) is 6. The lowest BCUT2D eigenvalue weighted by molar-refractivity contribution is -0.134. The molecule has 2 saturated heterocycles. The Bertz CT molecular complexity index is 1200. The topological polar surface area (TPSA) is 89.1 Å². The van der Waals surface area contributed by atoms with E-state index in [1.165, 1.54) is 6.42 Å². The molecule has 39 heavy (non-hydrogen) atoms. The molecule has 2 unspecified atom stereocenters. The molecule has 0 radical (unpaired) electrons. The smallest absolute Gasteiger partial charge is 0.257 e. The molecule has 0 aliphatic carbocycles. The third-order valence-electron chi connectivity index (χ3n) is 8.23. The number of carbonyl (C=O) groups is 3. The molecule has 3 aliphatic rings. The summed E-state index contributed by atoms with van der Waals surface area (Å²) in [7, 11) is 3.69. The van der Waals surface area contributed by atoms with E-state index in [0.29, 0.717) is 28.7 Å². The Morgan fingerprint density at radius 3 is 2.67 bits per heavy atom. The average molecular weight is 533 g/mol.